The number of nitrogens with one attached hydrogen (secondary N) is 1. The van der Waals surface area contributed by atoms with Crippen molar-refractivity contribution in [1.82, 2.24) is 29.6 Å². The summed E-state index contributed by atoms with van der Waals surface area (Å²) in [5.74, 6) is -0.0198. The zero-order valence-corrected chi connectivity index (χ0v) is 22.4. The van der Waals surface area contributed by atoms with E-state index < -0.39 is 61.7 Å². The summed E-state index contributed by atoms with van der Waals surface area (Å²) in [7, 11) is 2.51. The van der Waals surface area contributed by atoms with E-state index in [1.54, 1.807) is 17.5 Å². The third-order valence-electron chi connectivity index (χ3n) is 6.22. The molecule has 42 heavy (non-hydrogen) atoms. The van der Waals surface area contributed by atoms with Crippen LogP contribution in [0.3, 0.4) is 0 Å². The summed E-state index contributed by atoms with van der Waals surface area (Å²) in [5.41, 5.74) is -0.0719. The standard InChI is InChI=1S/C24H25F9N6O3/c1-5-38(21(40)36-16(23(28,29)30)6-7-22(25,26)27)18(24(31,32)33)14-10-13(15(41-3)11-35-14)17-12(2)39-9-8-34-19(39)20(37-17)42-4/h8-11,16,18H,5-7H2,1-4H3,(H,36,40)/t16-,18-/m0/s1. The number of aromatic nitrogens is 4. The quantitative estimate of drug-likeness (QED) is 0.296. The number of rotatable bonds is 9. The molecule has 0 spiro atoms. The number of halogens is 9. The third-order valence-corrected chi connectivity index (χ3v) is 6.22. The van der Waals surface area contributed by atoms with Crippen LogP contribution in [0, 0.1) is 6.92 Å². The van der Waals surface area contributed by atoms with Crippen LogP contribution < -0.4 is 14.8 Å². The lowest BCUT2D eigenvalue weighted by atomic mass is 10.0. The Labute approximate surface area is 232 Å². The number of methoxy groups -OCH3 is 2. The molecule has 0 radical (unpaired) electrons. The van der Waals surface area contributed by atoms with Crippen LogP contribution >= 0.6 is 0 Å². The molecule has 2 amide bonds. The molecule has 232 valence electrons. The van der Waals surface area contributed by atoms with Gasteiger partial charge in [-0.15, -0.1) is 0 Å². The number of nitrogens with zero attached hydrogens (tertiary/aromatic N) is 5. The van der Waals surface area contributed by atoms with Crippen LogP contribution in [0.1, 0.15) is 37.2 Å². The lowest BCUT2D eigenvalue weighted by Crippen LogP contribution is -2.53. The van der Waals surface area contributed by atoms with Crippen LogP contribution in [-0.4, -0.2) is 75.6 Å². The smallest absolute Gasteiger partial charge is 0.414 e. The van der Waals surface area contributed by atoms with Gasteiger partial charge >= 0.3 is 24.6 Å². The monoisotopic (exact) mass is 616 g/mol. The average molecular weight is 616 g/mol. The number of fused-ring (bicyclic) bond motifs is 1. The van der Waals surface area contributed by atoms with E-state index in [0.29, 0.717) is 11.3 Å². The highest BCUT2D eigenvalue weighted by atomic mass is 19.4. The molecule has 0 bridgehead atoms. The summed E-state index contributed by atoms with van der Waals surface area (Å²) in [6, 6.07) is -6.94. The molecule has 0 saturated heterocycles. The number of pyridine rings is 1. The first kappa shape index (κ1) is 32.5. The van der Waals surface area contributed by atoms with E-state index in [4.69, 9.17) is 9.47 Å². The van der Waals surface area contributed by atoms with E-state index >= 15 is 0 Å². The van der Waals surface area contributed by atoms with Crippen molar-refractivity contribution in [3.05, 3.63) is 36.0 Å². The highest BCUT2D eigenvalue weighted by Crippen LogP contribution is 2.41. The summed E-state index contributed by atoms with van der Waals surface area (Å²) < 4.78 is 133. The van der Waals surface area contributed by atoms with Crippen molar-refractivity contribution in [1.29, 1.82) is 0 Å². The van der Waals surface area contributed by atoms with Gasteiger partial charge in [0.15, 0.2) is 6.04 Å². The van der Waals surface area contributed by atoms with E-state index in [-0.39, 0.29) is 27.8 Å². The molecular formula is C24H25F9N6O3. The number of amides is 2. The Balaban J connectivity index is 2.11. The maximum Gasteiger partial charge on any atom is 0.414 e. The molecule has 0 fully saturated rings. The number of alkyl halides is 9. The second kappa shape index (κ2) is 12.1. The predicted octanol–water partition coefficient (Wildman–Crippen LogP) is 6.03. The van der Waals surface area contributed by atoms with E-state index in [2.05, 4.69) is 15.0 Å². The number of hydrogen-bond acceptors (Lipinski definition) is 6. The average Bonchev–Trinajstić information content (AvgIpc) is 3.38. The molecule has 2 atom stereocenters. The number of hydrogen-bond donors (Lipinski definition) is 1. The Kier molecular flexibility index (Phi) is 9.36. The molecule has 0 aliphatic heterocycles. The Morgan fingerprint density at radius 3 is 2.24 bits per heavy atom. The molecule has 3 aromatic heterocycles. The number of aryl methyl sites for hydroxylation is 1. The fourth-order valence-electron chi connectivity index (χ4n) is 4.23. The van der Waals surface area contributed by atoms with Gasteiger partial charge in [0.05, 0.1) is 31.8 Å². The first-order chi connectivity index (χ1) is 19.4. The van der Waals surface area contributed by atoms with Gasteiger partial charge in [-0.25, -0.2) is 14.8 Å². The fraction of sp³-hybridized carbons (Fsp3) is 0.500. The van der Waals surface area contributed by atoms with Crippen LogP contribution in [0.2, 0.25) is 0 Å². The van der Waals surface area contributed by atoms with Gasteiger partial charge in [0.1, 0.15) is 11.8 Å². The van der Waals surface area contributed by atoms with Crippen molar-refractivity contribution in [3.8, 4) is 22.9 Å². The normalized spacial score (nSPS) is 14.0. The molecule has 0 aliphatic carbocycles. The van der Waals surface area contributed by atoms with Gasteiger partial charge in [-0.05, 0) is 26.3 Å². The number of carbonyl (C=O) groups excluding carboxylic acids is 1. The second-order valence-electron chi connectivity index (χ2n) is 8.91. The first-order valence-electron chi connectivity index (χ1n) is 12.1. The molecule has 3 heterocycles. The molecular weight excluding hydrogens is 591 g/mol. The van der Waals surface area contributed by atoms with E-state index in [1.165, 1.54) is 25.7 Å². The van der Waals surface area contributed by atoms with Gasteiger partial charge in [-0.1, -0.05) is 0 Å². The van der Waals surface area contributed by atoms with Crippen molar-refractivity contribution in [2.45, 2.75) is 57.3 Å². The number of carbonyl (C=O) groups is 1. The minimum Gasteiger partial charge on any atom is -0.494 e. The lowest BCUT2D eigenvalue weighted by molar-refractivity contribution is -0.182. The van der Waals surface area contributed by atoms with Gasteiger partial charge in [0, 0.05) is 36.6 Å². The minimum atomic E-state index is -5.37. The van der Waals surface area contributed by atoms with E-state index in [9.17, 15) is 44.3 Å². The van der Waals surface area contributed by atoms with Crippen LogP contribution in [0.25, 0.3) is 16.9 Å². The topological polar surface area (TPSA) is 93.9 Å². The third kappa shape index (κ3) is 7.07. The highest BCUT2D eigenvalue weighted by Gasteiger charge is 2.49. The molecule has 0 saturated carbocycles. The summed E-state index contributed by atoms with van der Waals surface area (Å²) in [5, 5.41) is 1.28. The number of urea groups is 1. The zero-order valence-electron chi connectivity index (χ0n) is 22.4. The molecule has 0 aliphatic rings. The molecule has 18 heteroatoms. The molecule has 3 aromatic rings. The Morgan fingerprint density at radius 2 is 1.71 bits per heavy atom. The Bertz CT molecular complexity index is 1410. The van der Waals surface area contributed by atoms with Gasteiger partial charge in [0.2, 0.25) is 5.65 Å². The summed E-state index contributed by atoms with van der Waals surface area (Å²) in [6.07, 6.45) is -15.3. The van der Waals surface area contributed by atoms with Crippen molar-refractivity contribution in [2.75, 3.05) is 20.8 Å². The van der Waals surface area contributed by atoms with Crippen LogP contribution in [0.5, 0.6) is 11.6 Å². The van der Waals surface area contributed by atoms with E-state index in [1.807, 2.05) is 0 Å². The molecule has 3 rings (SSSR count). The van der Waals surface area contributed by atoms with Crippen molar-refractivity contribution in [3.63, 3.8) is 0 Å². The van der Waals surface area contributed by atoms with Gasteiger partial charge < -0.3 is 19.7 Å². The lowest BCUT2D eigenvalue weighted by Gasteiger charge is -2.34. The molecule has 9 nitrogen and oxygen atoms in total. The number of ether oxygens (including phenoxy) is 2. The van der Waals surface area contributed by atoms with Crippen LogP contribution in [0.15, 0.2) is 24.7 Å². The predicted molar refractivity (Wildman–Crippen MR) is 129 cm³/mol. The molecule has 0 unspecified atom stereocenters. The van der Waals surface area contributed by atoms with Gasteiger partial charge in [-0.2, -0.15) is 39.5 Å². The molecule has 1 N–H and O–H groups in total. The second-order valence-corrected chi connectivity index (χ2v) is 8.91. The zero-order chi connectivity index (χ0) is 31.6. The van der Waals surface area contributed by atoms with Crippen molar-refractivity contribution >= 4 is 11.7 Å². The van der Waals surface area contributed by atoms with Gasteiger partial charge in [0.25, 0.3) is 5.88 Å². The Morgan fingerprint density at radius 1 is 1.05 bits per heavy atom. The number of imidazole rings is 1. The minimum absolute atomic E-state index is 0.00481. The largest absolute Gasteiger partial charge is 0.494 e. The summed E-state index contributed by atoms with van der Waals surface area (Å²) >= 11 is 0. The van der Waals surface area contributed by atoms with Crippen molar-refractivity contribution in [2.24, 2.45) is 0 Å². The highest BCUT2D eigenvalue weighted by molar-refractivity contribution is 5.76. The molecule has 0 aromatic carbocycles. The SMILES string of the molecule is CCN(C(=O)N[C@@H](CCC(F)(F)F)C(F)(F)F)[C@@H](c1cc(-c2nc(OC)c3nccn3c2C)c(OC)cn1)C(F)(F)F. The maximum absolute atomic E-state index is 14.4. The summed E-state index contributed by atoms with van der Waals surface area (Å²) in [4.78, 5) is 25.0. The maximum atomic E-state index is 14.4. The van der Waals surface area contributed by atoms with Crippen molar-refractivity contribution < 1.29 is 53.8 Å². The summed E-state index contributed by atoms with van der Waals surface area (Å²) in [6.45, 7) is 1.86. The van der Waals surface area contributed by atoms with Crippen LogP contribution in [-0.2, 0) is 0 Å². The fourth-order valence-corrected chi connectivity index (χ4v) is 4.23. The Hall–Kier alpha value is -3.99. The van der Waals surface area contributed by atoms with E-state index in [0.717, 1.165) is 19.2 Å². The van der Waals surface area contributed by atoms with Crippen LogP contribution in [0.4, 0.5) is 44.3 Å². The van der Waals surface area contributed by atoms with Gasteiger partial charge in [-0.3, -0.25) is 9.38 Å². The first-order valence-corrected chi connectivity index (χ1v) is 12.1.